The zero-order chi connectivity index (χ0) is 54.6. The van der Waals surface area contributed by atoms with Crippen molar-refractivity contribution in [3.8, 4) is 5.75 Å². The third kappa shape index (κ3) is 11.8. The number of nitrogens with one attached hydrogen (secondary N) is 2. The van der Waals surface area contributed by atoms with Crippen molar-refractivity contribution in [3.05, 3.63) is 200 Å². The van der Waals surface area contributed by atoms with Gasteiger partial charge in [0.2, 0.25) is 5.60 Å². The number of esters is 2. The minimum absolute atomic E-state index is 0.00483. The summed E-state index contributed by atoms with van der Waals surface area (Å²) in [7, 11) is -0.390. The second kappa shape index (κ2) is 22.6. The van der Waals surface area contributed by atoms with Crippen LogP contribution in [0.2, 0.25) is 0 Å². The van der Waals surface area contributed by atoms with Crippen molar-refractivity contribution in [2.24, 2.45) is 5.16 Å². The molecule has 2 N–H and O–H groups in total. The molecule has 0 aliphatic carbocycles. The summed E-state index contributed by atoms with van der Waals surface area (Å²) in [6, 6.07) is 40.1. The number of β-lactam (4-membered cyclic amide) rings is 1. The Hall–Kier alpha value is -7.52. The van der Waals surface area contributed by atoms with E-state index in [0.717, 1.165) is 33.4 Å². The monoisotopic (exact) mass is 1110 g/mol. The number of amides is 2. The molecule has 0 spiro atoms. The minimum atomic E-state index is -1.91. The van der Waals surface area contributed by atoms with Crippen LogP contribution in [0.3, 0.4) is 0 Å². The average molecular weight is 1110 g/mol. The number of aromatic nitrogens is 1. The minimum Gasteiger partial charge on any atom is -0.497 e. The van der Waals surface area contributed by atoms with Gasteiger partial charge in [0.15, 0.2) is 16.3 Å². The number of halogens is 1. The summed E-state index contributed by atoms with van der Waals surface area (Å²) >= 11 is 3.50. The molecule has 396 valence electrons. The van der Waals surface area contributed by atoms with E-state index >= 15 is 0 Å². The number of methoxy groups -OCH3 is 1. The zero-order valence-corrected chi connectivity index (χ0v) is 45.8. The SMILES string of the molecule is COc1ccc(COC(=O)C2=C(CSc3cc(=O)c4ccc(F)cc4s3)CS(=O)[C@@H]3C(NC(=O)/C(=N\OC(C)(C)C(=O)OC(C)(C)C)c4csc(NC(c5ccccc5)(c5ccccc5)c5ccccc5)n4)C(=O)N23)cc1. The second-order valence-electron chi connectivity index (χ2n) is 19.4. The van der Waals surface area contributed by atoms with E-state index in [1.54, 1.807) is 50.4 Å². The Labute approximate surface area is 458 Å². The fourth-order valence-corrected chi connectivity index (χ4v) is 13.4. The molecule has 2 aliphatic rings. The summed E-state index contributed by atoms with van der Waals surface area (Å²) in [5.74, 6) is -3.51. The first-order chi connectivity index (χ1) is 36.8. The number of anilines is 1. The normalized spacial score (nSPS) is 16.8. The van der Waals surface area contributed by atoms with Gasteiger partial charge < -0.3 is 29.7 Å². The van der Waals surface area contributed by atoms with Crippen LogP contribution in [0, 0.1) is 5.82 Å². The van der Waals surface area contributed by atoms with Gasteiger partial charge in [-0.1, -0.05) is 108 Å². The molecule has 2 unspecified atom stereocenters. The number of fused-ring (bicyclic) bond motifs is 2. The first-order valence-electron chi connectivity index (χ1n) is 24.1. The lowest BCUT2D eigenvalue weighted by atomic mass is 9.77. The first-order valence-corrected chi connectivity index (χ1v) is 28.2. The van der Waals surface area contributed by atoms with Gasteiger partial charge in [0, 0.05) is 27.3 Å². The van der Waals surface area contributed by atoms with E-state index in [0.29, 0.717) is 36.3 Å². The maximum atomic E-state index is 14.8. The Kier molecular flexibility index (Phi) is 15.9. The lowest BCUT2D eigenvalue weighted by molar-refractivity contribution is -0.179. The van der Waals surface area contributed by atoms with Crippen molar-refractivity contribution in [2.75, 3.05) is 23.9 Å². The lowest BCUT2D eigenvalue weighted by Crippen LogP contribution is -2.74. The number of benzene rings is 5. The summed E-state index contributed by atoms with van der Waals surface area (Å²) in [5.41, 5.74) is -0.955. The van der Waals surface area contributed by atoms with E-state index in [2.05, 4.69) is 15.8 Å². The molecule has 4 heterocycles. The average Bonchev–Trinajstić information content (AvgIpc) is 3.96. The lowest BCUT2D eigenvalue weighted by Gasteiger charge is -2.49. The van der Waals surface area contributed by atoms with Crippen LogP contribution in [0.15, 0.2) is 170 Å². The molecule has 5 aromatic carbocycles. The van der Waals surface area contributed by atoms with E-state index in [-0.39, 0.29) is 34.9 Å². The summed E-state index contributed by atoms with van der Waals surface area (Å²) in [4.78, 5) is 81.9. The van der Waals surface area contributed by atoms with Gasteiger partial charge >= 0.3 is 11.9 Å². The van der Waals surface area contributed by atoms with Crippen LogP contribution in [-0.4, -0.2) is 84.8 Å². The number of carbonyl (C=O) groups is 4. The molecule has 0 bridgehead atoms. The quantitative estimate of drug-likeness (QED) is 0.0207. The van der Waals surface area contributed by atoms with Gasteiger partial charge in [-0.2, -0.15) is 0 Å². The highest BCUT2D eigenvalue weighted by Gasteiger charge is 2.58. The van der Waals surface area contributed by atoms with Gasteiger partial charge in [0.05, 0.1) is 27.9 Å². The van der Waals surface area contributed by atoms with Crippen molar-refractivity contribution >= 4 is 89.9 Å². The molecule has 1 fully saturated rings. The highest BCUT2D eigenvalue weighted by molar-refractivity contribution is 8.01. The Morgan fingerprint density at radius 3 is 2.08 bits per heavy atom. The van der Waals surface area contributed by atoms with Crippen LogP contribution in [0.25, 0.3) is 10.1 Å². The van der Waals surface area contributed by atoms with E-state index in [1.165, 1.54) is 67.9 Å². The van der Waals surface area contributed by atoms with Crippen LogP contribution >= 0.6 is 34.4 Å². The number of carbonyl (C=O) groups excluding carboxylic acids is 4. The van der Waals surface area contributed by atoms with Gasteiger partial charge in [0.1, 0.15) is 52.1 Å². The van der Waals surface area contributed by atoms with Gasteiger partial charge in [-0.05, 0) is 92.8 Å². The molecular weight excluding hydrogens is 1060 g/mol. The van der Waals surface area contributed by atoms with Crippen molar-refractivity contribution in [1.29, 1.82) is 0 Å². The molecule has 20 heteroatoms. The topological polar surface area (TPSA) is 192 Å². The van der Waals surface area contributed by atoms with E-state index in [1.807, 2.05) is 91.0 Å². The number of oxime groups is 1. The molecule has 77 heavy (non-hydrogen) atoms. The zero-order valence-electron chi connectivity index (χ0n) is 42.6. The summed E-state index contributed by atoms with van der Waals surface area (Å²) in [5, 5.41) is 11.7. The number of thiazole rings is 1. The number of rotatable bonds is 18. The Balaban J connectivity index is 1.04. The maximum Gasteiger partial charge on any atom is 0.355 e. The summed E-state index contributed by atoms with van der Waals surface area (Å²) < 4.78 is 46.2. The van der Waals surface area contributed by atoms with Crippen LogP contribution in [0.5, 0.6) is 5.75 Å². The van der Waals surface area contributed by atoms with Crippen LogP contribution < -0.4 is 20.8 Å². The highest BCUT2D eigenvalue weighted by Crippen LogP contribution is 2.42. The predicted octanol–water partition coefficient (Wildman–Crippen LogP) is 9.32. The first kappa shape index (κ1) is 54.3. The van der Waals surface area contributed by atoms with Crippen molar-refractivity contribution in [1.82, 2.24) is 15.2 Å². The molecular formula is C57H52FN5O10S4. The van der Waals surface area contributed by atoms with E-state index in [9.17, 15) is 32.6 Å². The number of thioether (sulfide) groups is 1. The largest absolute Gasteiger partial charge is 0.497 e. The van der Waals surface area contributed by atoms with E-state index in [4.69, 9.17) is 24.0 Å². The third-order valence-corrected chi connectivity index (χ3v) is 17.2. The number of ether oxygens (including phenoxy) is 3. The molecule has 0 saturated carbocycles. The van der Waals surface area contributed by atoms with Crippen LogP contribution in [0.1, 0.15) is 62.6 Å². The standard InChI is InChI=1S/C57H52FN5O10S4/c1-55(2,3)72-53(68)56(4,5)73-62-46(42-32-75-54(59-42)61-57(36-16-10-7-11-17-36,37-18-12-8-13-19-37)38-20-14-9-15-21-38)49(65)60-47-50(66)63-48(52(67)71-30-34-22-25-40(70-6)26-23-34)35(33-77(69)51(47)63)31-74-45-29-43(64)41-27-24-39(58)28-44(41)76-45/h7-29,32,47,51H,30-31,33H2,1-6H3,(H,59,61)(H,60,65)/b62-46-/t47?,51-,77?/m1/s1. The molecule has 1 saturated heterocycles. The maximum absolute atomic E-state index is 14.8. The fraction of sp³-hybridized carbons (Fsp3) is 0.246. The molecule has 0 radical (unpaired) electrons. The predicted molar refractivity (Wildman–Crippen MR) is 297 cm³/mol. The van der Waals surface area contributed by atoms with E-state index < -0.39 is 74.2 Å². The molecule has 2 aromatic heterocycles. The van der Waals surface area contributed by atoms with Crippen LogP contribution in [0.4, 0.5) is 9.52 Å². The summed E-state index contributed by atoms with van der Waals surface area (Å²) in [6.07, 6.45) is 0. The molecule has 2 aliphatic heterocycles. The van der Waals surface area contributed by atoms with Crippen LogP contribution in [-0.2, 0) is 56.4 Å². The molecule has 9 rings (SSSR count). The second-order valence-corrected chi connectivity index (χ2v) is 24.1. The fourth-order valence-electron chi connectivity index (χ4n) is 8.62. The molecule has 7 aromatic rings. The third-order valence-electron chi connectivity index (χ3n) is 12.4. The molecule has 2 amide bonds. The van der Waals surface area contributed by atoms with Crippen molar-refractivity contribution < 1.29 is 46.8 Å². The Morgan fingerprint density at radius 2 is 1.48 bits per heavy atom. The van der Waals surface area contributed by atoms with Gasteiger partial charge in [-0.25, -0.2) is 19.0 Å². The van der Waals surface area contributed by atoms with Crippen molar-refractivity contribution in [2.45, 2.75) is 73.6 Å². The van der Waals surface area contributed by atoms with Crippen molar-refractivity contribution in [3.63, 3.8) is 0 Å². The van der Waals surface area contributed by atoms with Gasteiger partial charge in [0.25, 0.3) is 11.8 Å². The Morgan fingerprint density at radius 1 is 0.857 bits per heavy atom. The number of hydrogen-bond donors (Lipinski definition) is 2. The number of nitrogens with zero attached hydrogens (tertiary/aromatic N) is 3. The summed E-state index contributed by atoms with van der Waals surface area (Å²) in [6.45, 7) is 7.76. The van der Waals surface area contributed by atoms with Gasteiger partial charge in [-0.3, -0.25) is 23.5 Å². The Bertz CT molecular complexity index is 3420. The smallest absolute Gasteiger partial charge is 0.355 e. The molecule has 15 nitrogen and oxygen atoms in total. The number of hydrogen-bond acceptors (Lipinski definition) is 16. The molecule has 3 atom stereocenters. The highest BCUT2D eigenvalue weighted by atomic mass is 32.2. The van der Waals surface area contributed by atoms with Gasteiger partial charge in [-0.15, -0.1) is 34.4 Å².